The van der Waals surface area contributed by atoms with E-state index in [-0.39, 0.29) is 5.60 Å². The summed E-state index contributed by atoms with van der Waals surface area (Å²) in [6, 6.07) is 0. The molecule has 0 amide bonds. The van der Waals surface area contributed by atoms with E-state index in [1.165, 1.54) is 51.4 Å². The van der Waals surface area contributed by atoms with Crippen LogP contribution < -0.4 is 0 Å². The van der Waals surface area contributed by atoms with Gasteiger partial charge < -0.3 is 4.74 Å². The number of ether oxygens (including phenoxy) is 1. The Labute approximate surface area is 94.6 Å². The molecule has 1 heterocycles. The van der Waals surface area contributed by atoms with Gasteiger partial charge in [0, 0.05) is 0 Å². The molecule has 1 atom stereocenters. The van der Waals surface area contributed by atoms with Crippen molar-refractivity contribution in [2.75, 3.05) is 0 Å². The zero-order valence-electron chi connectivity index (χ0n) is 10.6. The number of hydrogen-bond acceptors (Lipinski definition) is 1. The van der Waals surface area contributed by atoms with Crippen LogP contribution in [0.25, 0.3) is 0 Å². The van der Waals surface area contributed by atoms with Crippen molar-refractivity contribution in [2.45, 2.75) is 83.8 Å². The molecule has 88 valence electrons. The highest BCUT2D eigenvalue weighted by atomic mass is 16.5. The summed E-state index contributed by atoms with van der Waals surface area (Å²) in [4.78, 5) is 0. The Kier molecular flexibility index (Phi) is 3.12. The SMILES string of the molecule is CC(C)(C)C1CCCC2(CCCCC2)O1. The summed E-state index contributed by atoms with van der Waals surface area (Å²) < 4.78 is 6.48. The van der Waals surface area contributed by atoms with Gasteiger partial charge in [-0.3, -0.25) is 0 Å². The molecule has 0 N–H and O–H groups in total. The minimum Gasteiger partial charge on any atom is -0.371 e. The highest BCUT2D eigenvalue weighted by Gasteiger charge is 2.41. The van der Waals surface area contributed by atoms with Crippen molar-refractivity contribution >= 4 is 0 Å². The summed E-state index contributed by atoms with van der Waals surface area (Å²) in [5.74, 6) is 0. The fraction of sp³-hybridized carbons (Fsp3) is 1.00. The first-order chi connectivity index (χ1) is 7.02. The van der Waals surface area contributed by atoms with Gasteiger partial charge in [0.05, 0.1) is 11.7 Å². The van der Waals surface area contributed by atoms with Crippen LogP contribution in [0.15, 0.2) is 0 Å². The molecule has 1 saturated heterocycles. The smallest absolute Gasteiger partial charge is 0.0686 e. The van der Waals surface area contributed by atoms with E-state index < -0.39 is 0 Å². The van der Waals surface area contributed by atoms with E-state index in [4.69, 9.17) is 4.74 Å². The van der Waals surface area contributed by atoms with E-state index in [2.05, 4.69) is 20.8 Å². The minimum atomic E-state index is 0.286. The van der Waals surface area contributed by atoms with Crippen LogP contribution in [0.4, 0.5) is 0 Å². The molecule has 1 aliphatic carbocycles. The van der Waals surface area contributed by atoms with Crippen molar-refractivity contribution in [1.29, 1.82) is 0 Å². The second-order valence-corrected chi connectivity index (χ2v) is 6.61. The van der Waals surface area contributed by atoms with Gasteiger partial charge in [-0.15, -0.1) is 0 Å². The molecule has 1 spiro atoms. The topological polar surface area (TPSA) is 9.23 Å². The van der Waals surface area contributed by atoms with Crippen LogP contribution in [0.3, 0.4) is 0 Å². The van der Waals surface area contributed by atoms with Gasteiger partial charge in [0.2, 0.25) is 0 Å². The summed E-state index contributed by atoms with van der Waals surface area (Å²) in [5.41, 5.74) is 0.610. The molecule has 2 rings (SSSR count). The average Bonchev–Trinajstić information content (AvgIpc) is 2.18. The van der Waals surface area contributed by atoms with E-state index in [9.17, 15) is 0 Å². The molecule has 1 unspecified atom stereocenters. The summed E-state index contributed by atoms with van der Waals surface area (Å²) in [6.07, 6.45) is 11.3. The Balaban J connectivity index is 2.02. The Morgan fingerprint density at radius 1 is 0.933 bits per heavy atom. The average molecular weight is 210 g/mol. The quantitative estimate of drug-likeness (QED) is 0.579. The zero-order chi connectivity index (χ0) is 10.9. The van der Waals surface area contributed by atoms with Crippen LogP contribution in [0, 0.1) is 5.41 Å². The molecule has 2 aliphatic rings. The standard InChI is InChI=1S/C14H26O/c1-13(2,3)12-8-7-11-14(15-12)9-5-4-6-10-14/h12H,4-11H2,1-3H3. The molecule has 1 heteroatoms. The summed E-state index contributed by atoms with van der Waals surface area (Å²) in [6.45, 7) is 6.96. The normalized spacial score (nSPS) is 31.8. The highest BCUT2D eigenvalue weighted by Crippen LogP contribution is 2.44. The fourth-order valence-electron chi connectivity index (χ4n) is 3.20. The lowest BCUT2D eigenvalue weighted by Gasteiger charge is -2.47. The van der Waals surface area contributed by atoms with Crippen LogP contribution >= 0.6 is 0 Å². The minimum absolute atomic E-state index is 0.286. The predicted molar refractivity (Wildman–Crippen MR) is 64.0 cm³/mol. The number of rotatable bonds is 0. The van der Waals surface area contributed by atoms with E-state index >= 15 is 0 Å². The fourth-order valence-corrected chi connectivity index (χ4v) is 3.20. The molecule has 0 aromatic carbocycles. The van der Waals surface area contributed by atoms with Crippen molar-refractivity contribution in [3.05, 3.63) is 0 Å². The molecule has 0 aromatic rings. The Morgan fingerprint density at radius 2 is 1.53 bits per heavy atom. The first-order valence-corrected chi connectivity index (χ1v) is 6.70. The third kappa shape index (κ3) is 2.55. The maximum atomic E-state index is 6.48. The van der Waals surface area contributed by atoms with E-state index in [0.717, 1.165) is 0 Å². The maximum Gasteiger partial charge on any atom is 0.0686 e. The van der Waals surface area contributed by atoms with Crippen molar-refractivity contribution < 1.29 is 4.74 Å². The molecule has 0 radical (unpaired) electrons. The Hall–Kier alpha value is -0.0400. The molecular formula is C14H26O. The van der Waals surface area contributed by atoms with Gasteiger partial charge in [0.25, 0.3) is 0 Å². The molecular weight excluding hydrogens is 184 g/mol. The van der Waals surface area contributed by atoms with E-state index in [0.29, 0.717) is 11.5 Å². The van der Waals surface area contributed by atoms with Gasteiger partial charge in [0.15, 0.2) is 0 Å². The lowest BCUT2D eigenvalue weighted by molar-refractivity contribution is -0.176. The van der Waals surface area contributed by atoms with Crippen molar-refractivity contribution in [3.63, 3.8) is 0 Å². The van der Waals surface area contributed by atoms with Crippen LogP contribution in [-0.4, -0.2) is 11.7 Å². The first kappa shape index (κ1) is 11.4. The first-order valence-electron chi connectivity index (χ1n) is 6.70. The van der Waals surface area contributed by atoms with Crippen LogP contribution in [-0.2, 0) is 4.74 Å². The summed E-state index contributed by atoms with van der Waals surface area (Å²) in [5, 5.41) is 0. The zero-order valence-corrected chi connectivity index (χ0v) is 10.6. The lowest BCUT2D eigenvalue weighted by atomic mass is 9.75. The van der Waals surface area contributed by atoms with E-state index in [1.807, 2.05) is 0 Å². The van der Waals surface area contributed by atoms with Gasteiger partial charge in [0.1, 0.15) is 0 Å². The van der Waals surface area contributed by atoms with Crippen LogP contribution in [0.5, 0.6) is 0 Å². The molecule has 15 heavy (non-hydrogen) atoms. The predicted octanol–water partition coefficient (Wildman–Crippen LogP) is 4.30. The second kappa shape index (κ2) is 4.08. The molecule has 2 fully saturated rings. The molecule has 0 bridgehead atoms. The monoisotopic (exact) mass is 210 g/mol. The molecule has 1 saturated carbocycles. The molecule has 1 aliphatic heterocycles. The lowest BCUT2D eigenvalue weighted by Crippen LogP contribution is -2.46. The Morgan fingerprint density at radius 3 is 2.13 bits per heavy atom. The second-order valence-electron chi connectivity index (χ2n) is 6.61. The van der Waals surface area contributed by atoms with Crippen LogP contribution in [0.2, 0.25) is 0 Å². The Bertz CT molecular complexity index is 202. The van der Waals surface area contributed by atoms with Gasteiger partial charge in [-0.25, -0.2) is 0 Å². The summed E-state index contributed by atoms with van der Waals surface area (Å²) in [7, 11) is 0. The third-order valence-electron chi connectivity index (χ3n) is 4.22. The van der Waals surface area contributed by atoms with Crippen molar-refractivity contribution in [1.82, 2.24) is 0 Å². The largest absolute Gasteiger partial charge is 0.371 e. The molecule has 0 aromatic heterocycles. The van der Waals surface area contributed by atoms with Gasteiger partial charge >= 0.3 is 0 Å². The van der Waals surface area contributed by atoms with E-state index in [1.54, 1.807) is 0 Å². The van der Waals surface area contributed by atoms with Gasteiger partial charge in [-0.1, -0.05) is 40.0 Å². The van der Waals surface area contributed by atoms with Crippen molar-refractivity contribution in [2.24, 2.45) is 5.41 Å². The third-order valence-corrected chi connectivity index (χ3v) is 4.22. The molecule has 1 nitrogen and oxygen atoms in total. The number of hydrogen-bond donors (Lipinski definition) is 0. The highest BCUT2D eigenvalue weighted by molar-refractivity contribution is 4.91. The van der Waals surface area contributed by atoms with Gasteiger partial charge in [-0.2, -0.15) is 0 Å². The van der Waals surface area contributed by atoms with Crippen LogP contribution in [0.1, 0.15) is 72.1 Å². The maximum absolute atomic E-state index is 6.48. The van der Waals surface area contributed by atoms with Crippen molar-refractivity contribution in [3.8, 4) is 0 Å². The van der Waals surface area contributed by atoms with Gasteiger partial charge in [-0.05, 0) is 37.5 Å². The summed E-state index contributed by atoms with van der Waals surface area (Å²) >= 11 is 0.